The Hall–Kier alpha value is -5.84. The predicted molar refractivity (Wildman–Crippen MR) is 165 cm³/mol. The number of nitro groups is 1. The van der Waals surface area contributed by atoms with E-state index in [1.54, 1.807) is 79.6 Å². The molecule has 0 bridgehead atoms. The zero-order valence-electron chi connectivity index (χ0n) is 24.2. The maximum Gasteiger partial charge on any atom is 0.269 e. The lowest BCUT2D eigenvalue weighted by molar-refractivity contribution is -0.384. The number of anilines is 1. The summed E-state index contributed by atoms with van der Waals surface area (Å²) in [6.07, 6.45) is 2.01. The van der Waals surface area contributed by atoms with Gasteiger partial charge in [0.1, 0.15) is 17.5 Å². The molecule has 1 atom stereocenters. The second-order valence-corrected chi connectivity index (χ2v) is 10.1. The van der Waals surface area contributed by atoms with Crippen molar-refractivity contribution in [2.24, 2.45) is 0 Å². The van der Waals surface area contributed by atoms with Crippen molar-refractivity contribution in [3.05, 3.63) is 136 Å². The van der Waals surface area contributed by atoms with E-state index in [9.17, 15) is 19.7 Å². The number of nitro benzene ring substituents is 1. The number of rotatable bonds is 11. The predicted octanol–water partition coefficient (Wildman–Crippen LogP) is 4.91. The largest absolute Gasteiger partial charge is 0.497 e. The molecule has 1 aromatic heterocycles. The van der Waals surface area contributed by atoms with Crippen LogP contribution in [0.1, 0.15) is 21.5 Å². The Kier molecular flexibility index (Phi) is 9.05. The number of nitrogens with one attached hydrogen (secondary N) is 1. The fraction of sp³-hybridized carbons (Fsp3) is 0.152. The third-order valence-electron chi connectivity index (χ3n) is 7.10. The number of nitrogens with zero attached hydrogens (tertiary/aromatic N) is 5. The number of benzene rings is 4. The molecule has 0 saturated heterocycles. The average Bonchev–Trinajstić information content (AvgIpc) is 3.53. The summed E-state index contributed by atoms with van der Waals surface area (Å²) >= 11 is 0. The third-order valence-corrected chi connectivity index (χ3v) is 7.10. The molecule has 0 aliphatic heterocycles. The Morgan fingerprint density at radius 3 is 2.41 bits per heavy atom. The van der Waals surface area contributed by atoms with Gasteiger partial charge < -0.3 is 15.0 Å². The molecule has 0 unspecified atom stereocenters. The van der Waals surface area contributed by atoms with E-state index in [-0.39, 0.29) is 11.6 Å². The van der Waals surface area contributed by atoms with Gasteiger partial charge in [-0.25, -0.2) is 4.68 Å². The van der Waals surface area contributed by atoms with Crippen LogP contribution in [0.25, 0.3) is 11.3 Å². The molecule has 0 radical (unpaired) electrons. The molecule has 0 aliphatic rings. The van der Waals surface area contributed by atoms with E-state index in [4.69, 9.17) is 4.74 Å². The normalized spacial score (nSPS) is 11.4. The van der Waals surface area contributed by atoms with Crippen LogP contribution in [0.15, 0.2) is 109 Å². The van der Waals surface area contributed by atoms with Crippen molar-refractivity contribution in [1.82, 2.24) is 20.3 Å². The Balaban J connectivity index is 1.33. The Bertz CT molecular complexity index is 1770. The summed E-state index contributed by atoms with van der Waals surface area (Å²) in [5.74, 6) is -0.00597. The number of aromatic nitrogens is 3. The van der Waals surface area contributed by atoms with Crippen LogP contribution in [-0.4, -0.2) is 51.9 Å². The molecular weight excluding hydrogens is 560 g/mol. The molecule has 1 heterocycles. The molecule has 4 aromatic carbocycles. The first kappa shape index (κ1) is 29.6. The minimum absolute atomic E-state index is 0.000737. The number of non-ortho nitro benzene ring substituents is 1. The average molecular weight is 591 g/mol. The number of likely N-dealkylation sites (N-methyl/N-ethyl adjacent to an activating group) is 1. The maximum absolute atomic E-state index is 13.7. The van der Waals surface area contributed by atoms with E-state index >= 15 is 0 Å². The first-order valence-electron chi connectivity index (χ1n) is 13.8. The minimum atomic E-state index is -0.837. The van der Waals surface area contributed by atoms with Crippen molar-refractivity contribution in [3.8, 4) is 17.0 Å². The first-order valence-corrected chi connectivity index (χ1v) is 13.8. The van der Waals surface area contributed by atoms with E-state index in [0.29, 0.717) is 46.8 Å². The van der Waals surface area contributed by atoms with Gasteiger partial charge in [0.2, 0.25) is 5.91 Å². The van der Waals surface area contributed by atoms with Gasteiger partial charge in [0.05, 0.1) is 24.8 Å². The van der Waals surface area contributed by atoms with Crippen molar-refractivity contribution < 1.29 is 19.2 Å². The Labute approximate surface area is 253 Å². The molecule has 0 spiro atoms. The van der Waals surface area contributed by atoms with Gasteiger partial charge in [-0.05, 0) is 47.5 Å². The van der Waals surface area contributed by atoms with Crippen molar-refractivity contribution in [1.29, 1.82) is 0 Å². The van der Waals surface area contributed by atoms with Crippen LogP contribution in [0.4, 0.5) is 11.4 Å². The lowest BCUT2D eigenvalue weighted by Crippen LogP contribution is -2.48. The van der Waals surface area contributed by atoms with Crippen molar-refractivity contribution in [3.63, 3.8) is 0 Å². The number of hydrogen-bond donors (Lipinski definition) is 1. The monoisotopic (exact) mass is 590 g/mol. The van der Waals surface area contributed by atoms with Gasteiger partial charge in [-0.2, -0.15) is 0 Å². The smallest absolute Gasteiger partial charge is 0.269 e. The van der Waals surface area contributed by atoms with Gasteiger partial charge in [0.25, 0.3) is 11.6 Å². The molecule has 1 N–H and O–H groups in total. The van der Waals surface area contributed by atoms with Gasteiger partial charge in [-0.15, -0.1) is 5.10 Å². The van der Waals surface area contributed by atoms with Crippen LogP contribution in [0.3, 0.4) is 0 Å². The zero-order chi connectivity index (χ0) is 31.1. The highest BCUT2D eigenvalue weighted by Crippen LogP contribution is 2.21. The van der Waals surface area contributed by atoms with Gasteiger partial charge in [-0.3, -0.25) is 19.7 Å². The van der Waals surface area contributed by atoms with Gasteiger partial charge in [-0.1, -0.05) is 59.8 Å². The second kappa shape index (κ2) is 13.4. The van der Waals surface area contributed by atoms with Crippen LogP contribution >= 0.6 is 0 Å². The summed E-state index contributed by atoms with van der Waals surface area (Å²) < 4.78 is 6.80. The van der Waals surface area contributed by atoms with Crippen LogP contribution in [-0.2, 0) is 17.8 Å². The molecule has 2 amide bonds. The molecule has 0 saturated carbocycles. The van der Waals surface area contributed by atoms with E-state index in [0.717, 1.165) is 5.56 Å². The standard InChI is InChI=1S/C33H30N6O5/c1-37(27-14-16-29(44-2)17-15-27)33(41)30(19-23-8-4-3-5-9-23)34-32(40)26-12-7-11-25(20-26)31-22-38(36-35-31)21-24-10-6-13-28(18-24)39(42)43/h3-18,20,22,30H,19,21H2,1-2H3,(H,34,40)/t30-/m0/s1. The van der Waals surface area contributed by atoms with Crippen molar-refractivity contribution in [2.45, 2.75) is 19.0 Å². The molecule has 0 fully saturated rings. The number of ether oxygens (including phenoxy) is 1. The number of methoxy groups -OCH3 is 1. The number of hydrogen-bond acceptors (Lipinski definition) is 7. The molecule has 222 valence electrons. The zero-order valence-corrected chi connectivity index (χ0v) is 24.2. The summed E-state index contributed by atoms with van der Waals surface area (Å²) in [4.78, 5) is 39.4. The summed E-state index contributed by atoms with van der Waals surface area (Å²) in [6.45, 7) is 0.292. The Morgan fingerprint density at radius 2 is 1.68 bits per heavy atom. The van der Waals surface area contributed by atoms with E-state index in [1.165, 1.54) is 17.0 Å². The summed E-state index contributed by atoms with van der Waals surface area (Å²) in [7, 11) is 3.25. The maximum atomic E-state index is 13.7. The van der Waals surface area contributed by atoms with E-state index in [2.05, 4.69) is 15.6 Å². The topological polar surface area (TPSA) is 132 Å². The first-order chi connectivity index (χ1) is 21.3. The highest BCUT2D eigenvalue weighted by molar-refractivity contribution is 6.02. The summed E-state index contributed by atoms with van der Waals surface area (Å²) in [6, 6.07) is 29.0. The van der Waals surface area contributed by atoms with E-state index < -0.39 is 16.9 Å². The second-order valence-electron chi connectivity index (χ2n) is 10.1. The molecule has 44 heavy (non-hydrogen) atoms. The van der Waals surface area contributed by atoms with Gasteiger partial charge in [0, 0.05) is 42.4 Å². The number of carbonyl (C=O) groups excluding carboxylic acids is 2. The molecule has 0 aliphatic carbocycles. The molecule has 5 aromatic rings. The molecule has 11 nitrogen and oxygen atoms in total. The van der Waals surface area contributed by atoms with Crippen LogP contribution < -0.4 is 15.0 Å². The van der Waals surface area contributed by atoms with Crippen LogP contribution in [0.2, 0.25) is 0 Å². The fourth-order valence-corrected chi connectivity index (χ4v) is 4.74. The summed E-state index contributed by atoms with van der Waals surface area (Å²) in [5.41, 5.74) is 3.82. The van der Waals surface area contributed by atoms with E-state index in [1.807, 2.05) is 36.4 Å². The van der Waals surface area contributed by atoms with Crippen LogP contribution in [0, 0.1) is 10.1 Å². The Morgan fingerprint density at radius 1 is 0.955 bits per heavy atom. The number of amides is 2. The quantitative estimate of drug-likeness (QED) is 0.171. The lowest BCUT2D eigenvalue weighted by atomic mass is 10.0. The van der Waals surface area contributed by atoms with Crippen molar-refractivity contribution in [2.75, 3.05) is 19.1 Å². The van der Waals surface area contributed by atoms with Crippen molar-refractivity contribution >= 4 is 23.2 Å². The third kappa shape index (κ3) is 7.13. The minimum Gasteiger partial charge on any atom is -0.497 e. The fourth-order valence-electron chi connectivity index (χ4n) is 4.74. The number of carbonyl (C=O) groups is 2. The molecule has 5 rings (SSSR count). The SMILES string of the molecule is COc1ccc(N(C)C(=O)[C@H](Cc2ccccc2)NC(=O)c2cccc(-c3cn(Cc4cccc([N+](=O)[O-])c4)nn3)c2)cc1. The van der Waals surface area contributed by atoms with Crippen LogP contribution in [0.5, 0.6) is 5.75 Å². The lowest BCUT2D eigenvalue weighted by Gasteiger charge is -2.25. The van der Waals surface area contributed by atoms with Gasteiger partial charge >= 0.3 is 0 Å². The highest BCUT2D eigenvalue weighted by atomic mass is 16.6. The highest BCUT2D eigenvalue weighted by Gasteiger charge is 2.26. The van der Waals surface area contributed by atoms with Gasteiger partial charge in [0.15, 0.2) is 0 Å². The summed E-state index contributed by atoms with van der Waals surface area (Å²) in [5, 5.41) is 22.4. The molecule has 11 heteroatoms. The molecular formula is C33H30N6O5.